The summed E-state index contributed by atoms with van der Waals surface area (Å²) in [5, 5.41) is 0.722. The Hall–Kier alpha value is -1.01. The van der Waals surface area contributed by atoms with Crippen molar-refractivity contribution in [3.8, 4) is 11.5 Å². The van der Waals surface area contributed by atoms with Crippen molar-refractivity contribution in [2.24, 2.45) is 5.92 Å². The first-order chi connectivity index (χ1) is 13.5. The van der Waals surface area contributed by atoms with Gasteiger partial charge in [0, 0.05) is 25.2 Å². The Bertz CT molecular complexity index is 713. The number of carbonyl (C=O) groups excluding carboxylic acids is 1. The Morgan fingerprint density at radius 2 is 1.72 bits per heavy atom. The van der Waals surface area contributed by atoms with E-state index in [0.717, 1.165) is 12.8 Å². The van der Waals surface area contributed by atoms with Crippen LogP contribution < -0.4 is 9.47 Å². The second kappa shape index (κ2) is 10.9. The van der Waals surface area contributed by atoms with E-state index in [2.05, 4.69) is 0 Å². The Balaban J connectivity index is 1.85. The highest BCUT2D eigenvalue weighted by atomic mass is 35.5. The maximum Gasteiger partial charge on any atom is 0.410 e. The lowest BCUT2D eigenvalue weighted by Crippen LogP contribution is -2.42. The molecule has 29 heavy (non-hydrogen) atoms. The average molecular weight is 485 g/mol. The number of amides is 1. The van der Waals surface area contributed by atoms with Gasteiger partial charge in [-0.3, -0.25) is 0 Å². The standard InChI is InChI=1S/C20H25Cl4NO4/c1-20(2,3)29-19(26)25-7-4-13(5-8-25)12-28-18-15(21)10-14(11-16(18)22)27-9-6-17(23)24/h6,10-11,13H,4-5,7-9,12H2,1-3H3. The van der Waals surface area contributed by atoms with Crippen LogP contribution in [-0.4, -0.2) is 42.9 Å². The monoisotopic (exact) mass is 483 g/mol. The summed E-state index contributed by atoms with van der Waals surface area (Å²) in [5.74, 6) is 1.21. The topological polar surface area (TPSA) is 48.0 Å². The van der Waals surface area contributed by atoms with Gasteiger partial charge in [0.25, 0.3) is 0 Å². The van der Waals surface area contributed by atoms with Gasteiger partial charge in [0.1, 0.15) is 22.4 Å². The van der Waals surface area contributed by atoms with E-state index in [0.29, 0.717) is 47.2 Å². The zero-order valence-corrected chi connectivity index (χ0v) is 19.7. The lowest BCUT2D eigenvalue weighted by atomic mass is 9.98. The van der Waals surface area contributed by atoms with E-state index >= 15 is 0 Å². The van der Waals surface area contributed by atoms with Crippen LogP contribution in [0, 0.1) is 5.92 Å². The highest BCUT2D eigenvalue weighted by Gasteiger charge is 2.27. The van der Waals surface area contributed by atoms with Gasteiger partial charge in [0.15, 0.2) is 5.75 Å². The number of hydrogen-bond donors (Lipinski definition) is 0. The van der Waals surface area contributed by atoms with Crippen LogP contribution in [0.1, 0.15) is 33.6 Å². The molecule has 0 unspecified atom stereocenters. The fraction of sp³-hybridized carbons (Fsp3) is 0.550. The Morgan fingerprint density at radius 1 is 1.14 bits per heavy atom. The molecule has 0 aromatic heterocycles. The highest BCUT2D eigenvalue weighted by molar-refractivity contribution is 6.55. The van der Waals surface area contributed by atoms with Gasteiger partial charge in [0.05, 0.1) is 16.7 Å². The van der Waals surface area contributed by atoms with Gasteiger partial charge in [-0.15, -0.1) is 0 Å². The molecule has 1 fully saturated rings. The first-order valence-electron chi connectivity index (χ1n) is 9.29. The van der Waals surface area contributed by atoms with Gasteiger partial charge in [-0.05, 0) is 45.6 Å². The van der Waals surface area contributed by atoms with Crippen LogP contribution in [0.5, 0.6) is 11.5 Å². The number of likely N-dealkylation sites (tertiary alicyclic amines) is 1. The summed E-state index contributed by atoms with van der Waals surface area (Å²) in [5.41, 5.74) is -0.493. The second-order valence-corrected chi connectivity index (χ2v) is 9.56. The third-order valence-electron chi connectivity index (χ3n) is 4.19. The van der Waals surface area contributed by atoms with E-state index in [-0.39, 0.29) is 17.2 Å². The van der Waals surface area contributed by atoms with Gasteiger partial charge in [-0.1, -0.05) is 46.4 Å². The number of nitrogens with zero attached hydrogens (tertiary/aromatic N) is 1. The van der Waals surface area contributed by atoms with Crippen LogP contribution in [0.25, 0.3) is 0 Å². The third kappa shape index (κ3) is 8.33. The predicted molar refractivity (Wildman–Crippen MR) is 118 cm³/mol. The molecule has 0 atom stereocenters. The van der Waals surface area contributed by atoms with Gasteiger partial charge in [-0.2, -0.15) is 0 Å². The van der Waals surface area contributed by atoms with Gasteiger partial charge in [-0.25, -0.2) is 4.79 Å². The highest BCUT2D eigenvalue weighted by Crippen LogP contribution is 2.37. The zero-order valence-electron chi connectivity index (χ0n) is 16.6. The van der Waals surface area contributed by atoms with Crippen LogP contribution in [-0.2, 0) is 4.74 Å². The number of halogens is 4. The van der Waals surface area contributed by atoms with Crippen molar-refractivity contribution >= 4 is 52.5 Å². The first kappa shape index (κ1) is 24.3. The normalized spacial score (nSPS) is 15.1. The quantitative estimate of drug-likeness (QED) is 0.449. The Labute approximate surface area is 191 Å². The Kier molecular flexibility index (Phi) is 9.08. The molecule has 1 aromatic carbocycles. The molecule has 1 aromatic rings. The van der Waals surface area contributed by atoms with Crippen LogP contribution in [0.2, 0.25) is 10.0 Å². The summed E-state index contributed by atoms with van der Waals surface area (Å²) in [6.45, 7) is 7.51. The van der Waals surface area contributed by atoms with E-state index < -0.39 is 5.60 Å². The molecule has 1 saturated heterocycles. The number of hydrogen-bond acceptors (Lipinski definition) is 4. The SMILES string of the molecule is CC(C)(C)OC(=O)N1CCC(COc2c(Cl)cc(OCC=C(Cl)Cl)cc2Cl)CC1. The van der Waals surface area contributed by atoms with Crippen LogP contribution >= 0.6 is 46.4 Å². The molecule has 0 radical (unpaired) electrons. The molecule has 2 rings (SSSR count). The summed E-state index contributed by atoms with van der Waals surface area (Å²) in [6, 6.07) is 3.26. The first-order valence-corrected chi connectivity index (χ1v) is 10.8. The van der Waals surface area contributed by atoms with Gasteiger partial charge >= 0.3 is 6.09 Å². The number of carbonyl (C=O) groups is 1. The molecular weight excluding hydrogens is 460 g/mol. The molecule has 0 bridgehead atoms. The minimum absolute atomic E-state index is 0.125. The number of piperidine rings is 1. The number of benzene rings is 1. The molecular formula is C20H25Cl4NO4. The molecule has 1 amide bonds. The minimum atomic E-state index is -0.493. The van der Waals surface area contributed by atoms with Crippen molar-refractivity contribution in [2.45, 2.75) is 39.2 Å². The summed E-state index contributed by atoms with van der Waals surface area (Å²) < 4.78 is 16.9. The summed E-state index contributed by atoms with van der Waals surface area (Å²) >= 11 is 23.7. The molecule has 1 aliphatic rings. The Morgan fingerprint density at radius 3 is 2.24 bits per heavy atom. The van der Waals surface area contributed by atoms with Crippen LogP contribution in [0.15, 0.2) is 22.7 Å². The molecule has 0 N–H and O–H groups in total. The van der Waals surface area contributed by atoms with Crippen molar-refractivity contribution < 1.29 is 19.0 Å². The van der Waals surface area contributed by atoms with Crippen molar-refractivity contribution in [2.75, 3.05) is 26.3 Å². The van der Waals surface area contributed by atoms with Gasteiger partial charge < -0.3 is 19.1 Å². The summed E-state index contributed by atoms with van der Waals surface area (Å²) in [4.78, 5) is 13.9. The van der Waals surface area contributed by atoms with Crippen molar-refractivity contribution in [3.63, 3.8) is 0 Å². The molecule has 0 spiro atoms. The molecule has 9 heteroatoms. The van der Waals surface area contributed by atoms with Crippen LogP contribution in [0.3, 0.4) is 0 Å². The molecule has 1 heterocycles. The number of ether oxygens (including phenoxy) is 3. The maximum atomic E-state index is 12.1. The fourth-order valence-corrected chi connectivity index (χ4v) is 3.47. The second-order valence-electron chi connectivity index (χ2n) is 7.74. The lowest BCUT2D eigenvalue weighted by Gasteiger charge is -2.33. The average Bonchev–Trinajstić information content (AvgIpc) is 2.59. The predicted octanol–water partition coefficient (Wildman–Crippen LogP) is 6.72. The smallest absolute Gasteiger partial charge is 0.410 e. The van der Waals surface area contributed by atoms with E-state index in [4.69, 9.17) is 60.6 Å². The fourth-order valence-electron chi connectivity index (χ4n) is 2.77. The zero-order chi connectivity index (χ0) is 21.6. The molecule has 0 aliphatic carbocycles. The number of rotatable bonds is 6. The summed E-state index contributed by atoms with van der Waals surface area (Å²) in [7, 11) is 0. The van der Waals surface area contributed by atoms with E-state index in [9.17, 15) is 4.79 Å². The molecule has 5 nitrogen and oxygen atoms in total. The van der Waals surface area contributed by atoms with E-state index in [1.807, 2.05) is 20.8 Å². The molecule has 1 aliphatic heterocycles. The minimum Gasteiger partial charge on any atom is -0.490 e. The molecule has 162 valence electrons. The largest absolute Gasteiger partial charge is 0.490 e. The van der Waals surface area contributed by atoms with Crippen LogP contribution in [0.4, 0.5) is 4.79 Å². The van der Waals surface area contributed by atoms with Crippen molar-refractivity contribution in [1.29, 1.82) is 0 Å². The summed E-state index contributed by atoms with van der Waals surface area (Å²) in [6.07, 6.45) is 2.88. The van der Waals surface area contributed by atoms with Crippen molar-refractivity contribution in [3.05, 3.63) is 32.7 Å². The maximum absolute atomic E-state index is 12.1. The van der Waals surface area contributed by atoms with E-state index in [1.54, 1.807) is 17.0 Å². The van der Waals surface area contributed by atoms with Gasteiger partial charge in [0.2, 0.25) is 0 Å². The van der Waals surface area contributed by atoms with Crippen molar-refractivity contribution in [1.82, 2.24) is 4.90 Å². The third-order valence-corrected chi connectivity index (χ3v) is 5.06. The lowest BCUT2D eigenvalue weighted by molar-refractivity contribution is 0.0165. The molecule has 0 saturated carbocycles. The van der Waals surface area contributed by atoms with E-state index in [1.165, 1.54) is 6.08 Å².